The molecule has 5 heteroatoms. The molecule has 0 amide bonds. The lowest BCUT2D eigenvalue weighted by molar-refractivity contribution is 0.245. The van der Waals surface area contributed by atoms with E-state index in [9.17, 15) is 4.21 Å². The second-order valence-corrected chi connectivity index (χ2v) is 7.48. The second-order valence-electron chi connectivity index (χ2n) is 5.01. The van der Waals surface area contributed by atoms with E-state index >= 15 is 0 Å². The number of nitrogens with one attached hydrogen (secondary N) is 1. The molecule has 106 valence electrons. The van der Waals surface area contributed by atoms with E-state index in [1.807, 2.05) is 12.1 Å². The van der Waals surface area contributed by atoms with E-state index in [0.29, 0.717) is 12.1 Å². The van der Waals surface area contributed by atoms with Crippen molar-refractivity contribution in [2.45, 2.75) is 31.8 Å². The van der Waals surface area contributed by atoms with Crippen LogP contribution in [-0.2, 0) is 10.8 Å². The van der Waals surface area contributed by atoms with Gasteiger partial charge in [0, 0.05) is 51.3 Å². The molecule has 0 fully saturated rings. The van der Waals surface area contributed by atoms with E-state index in [1.165, 1.54) is 5.56 Å². The maximum Gasteiger partial charge on any atom is 0.124 e. The Morgan fingerprint density at radius 2 is 2.37 bits per heavy atom. The molecule has 1 N–H and O–H groups in total. The Morgan fingerprint density at radius 1 is 1.58 bits per heavy atom. The van der Waals surface area contributed by atoms with E-state index < -0.39 is 10.8 Å². The Hall–Kier alpha value is -0.390. The molecule has 3 atom stereocenters. The fourth-order valence-electron chi connectivity index (χ4n) is 2.31. The smallest absolute Gasteiger partial charge is 0.124 e. The summed E-state index contributed by atoms with van der Waals surface area (Å²) in [5, 5.41) is 3.62. The number of ether oxygens (including phenoxy) is 1. The Labute approximate surface area is 125 Å². The van der Waals surface area contributed by atoms with Crippen molar-refractivity contribution in [2.24, 2.45) is 0 Å². The average molecular weight is 346 g/mol. The van der Waals surface area contributed by atoms with Gasteiger partial charge in [0.2, 0.25) is 0 Å². The Morgan fingerprint density at radius 3 is 3.11 bits per heavy atom. The van der Waals surface area contributed by atoms with Gasteiger partial charge in [-0.3, -0.25) is 4.21 Å². The molecular weight excluding hydrogens is 326 g/mol. The van der Waals surface area contributed by atoms with Gasteiger partial charge in [0.25, 0.3) is 0 Å². The number of hydrogen-bond acceptors (Lipinski definition) is 3. The minimum Gasteiger partial charge on any atom is -0.493 e. The highest BCUT2D eigenvalue weighted by atomic mass is 79.9. The van der Waals surface area contributed by atoms with Crippen LogP contribution in [0.3, 0.4) is 0 Å². The van der Waals surface area contributed by atoms with Crippen LogP contribution in [0.15, 0.2) is 22.7 Å². The van der Waals surface area contributed by atoms with Gasteiger partial charge in [-0.2, -0.15) is 0 Å². The minimum atomic E-state index is -0.714. The van der Waals surface area contributed by atoms with E-state index in [1.54, 1.807) is 6.26 Å². The van der Waals surface area contributed by atoms with E-state index in [2.05, 4.69) is 34.2 Å². The summed E-state index contributed by atoms with van der Waals surface area (Å²) < 4.78 is 17.9. The molecule has 3 unspecified atom stereocenters. The van der Waals surface area contributed by atoms with Crippen LogP contribution >= 0.6 is 15.9 Å². The summed E-state index contributed by atoms with van der Waals surface area (Å²) in [5.74, 6) is 1.72. The first-order valence-electron chi connectivity index (χ1n) is 6.54. The molecule has 0 aliphatic carbocycles. The van der Waals surface area contributed by atoms with Crippen molar-refractivity contribution >= 4 is 26.7 Å². The number of rotatable bonds is 5. The number of benzene rings is 1. The summed E-state index contributed by atoms with van der Waals surface area (Å²) in [6.45, 7) is 2.90. The topological polar surface area (TPSA) is 38.3 Å². The van der Waals surface area contributed by atoms with Crippen LogP contribution in [0, 0.1) is 0 Å². The highest BCUT2D eigenvalue weighted by Crippen LogP contribution is 2.34. The molecule has 0 spiro atoms. The molecular formula is C14H20BrNO2S. The fourth-order valence-corrected chi connectivity index (χ4v) is 3.37. The zero-order valence-electron chi connectivity index (χ0n) is 11.3. The molecule has 0 saturated heterocycles. The molecule has 19 heavy (non-hydrogen) atoms. The number of halogens is 1. The summed E-state index contributed by atoms with van der Waals surface area (Å²) in [7, 11) is -0.714. The average Bonchev–Trinajstić information content (AvgIpc) is 2.37. The lowest BCUT2D eigenvalue weighted by Crippen LogP contribution is -2.34. The molecule has 1 aromatic carbocycles. The van der Waals surface area contributed by atoms with Gasteiger partial charge in [-0.15, -0.1) is 0 Å². The Kier molecular flexibility index (Phi) is 5.42. The van der Waals surface area contributed by atoms with Crippen LogP contribution in [-0.4, -0.2) is 28.9 Å². The molecule has 0 aromatic heterocycles. The molecule has 1 aliphatic heterocycles. The van der Waals surface area contributed by atoms with Gasteiger partial charge >= 0.3 is 0 Å². The third-order valence-electron chi connectivity index (χ3n) is 3.34. The summed E-state index contributed by atoms with van der Waals surface area (Å²) in [6, 6.07) is 6.82. The van der Waals surface area contributed by atoms with Crippen molar-refractivity contribution in [3.05, 3.63) is 28.2 Å². The van der Waals surface area contributed by atoms with Crippen LogP contribution < -0.4 is 10.1 Å². The molecule has 0 saturated carbocycles. The lowest BCUT2D eigenvalue weighted by atomic mass is 9.99. The summed E-state index contributed by atoms with van der Waals surface area (Å²) in [5.41, 5.74) is 1.21. The quantitative estimate of drug-likeness (QED) is 0.891. The molecule has 1 heterocycles. The van der Waals surface area contributed by atoms with Crippen molar-refractivity contribution in [3.8, 4) is 5.75 Å². The first-order chi connectivity index (χ1) is 9.06. The zero-order chi connectivity index (χ0) is 13.8. The first-order valence-corrected chi connectivity index (χ1v) is 9.06. The normalized spacial score (nSPS) is 21.3. The van der Waals surface area contributed by atoms with Crippen molar-refractivity contribution in [2.75, 3.05) is 18.6 Å². The van der Waals surface area contributed by atoms with E-state index in [0.717, 1.165) is 35.4 Å². The standard InChI is InChI=1S/C14H20BrNO2S/c1-10(6-8-19(2)17)16-13-5-7-18-14-4-3-11(15)9-12(13)14/h3-4,9-10,13,16H,5-8H2,1-2H3. The highest BCUT2D eigenvalue weighted by Gasteiger charge is 2.22. The summed E-state index contributed by atoms with van der Waals surface area (Å²) in [6.07, 6.45) is 3.67. The largest absolute Gasteiger partial charge is 0.493 e. The third-order valence-corrected chi connectivity index (χ3v) is 4.64. The third kappa shape index (κ3) is 4.29. The van der Waals surface area contributed by atoms with E-state index in [-0.39, 0.29) is 0 Å². The summed E-state index contributed by atoms with van der Waals surface area (Å²) in [4.78, 5) is 0. The predicted octanol–water partition coefficient (Wildman–Crippen LogP) is 3.02. The maximum absolute atomic E-state index is 11.1. The van der Waals surface area contributed by atoms with Crippen LogP contribution in [0.1, 0.15) is 31.4 Å². The van der Waals surface area contributed by atoms with Gasteiger partial charge < -0.3 is 10.1 Å². The molecule has 3 nitrogen and oxygen atoms in total. The van der Waals surface area contributed by atoms with Gasteiger partial charge in [-0.05, 0) is 31.5 Å². The SMILES string of the molecule is CC(CCS(C)=O)NC1CCOc2ccc(Br)cc21. The van der Waals surface area contributed by atoms with Gasteiger partial charge in [-0.1, -0.05) is 15.9 Å². The predicted molar refractivity (Wildman–Crippen MR) is 83.1 cm³/mol. The van der Waals surface area contributed by atoms with E-state index in [4.69, 9.17) is 4.74 Å². The maximum atomic E-state index is 11.1. The van der Waals surface area contributed by atoms with Gasteiger partial charge in [0.05, 0.1) is 6.61 Å². The van der Waals surface area contributed by atoms with Gasteiger partial charge in [-0.25, -0.2) is 0 Å². The van der Waals surface area contributed by atoms with Crippen molar-refractivity contribution in [3.63, 3.8) is 0 Å². The number of hydrogen-bond donors (Lipinski definition) is 1. The monoisotopic (exact) mass is 345 g/mol. The van der Waals surface area contributed by atoms with Crippen molar-refractivity contribution < 1.29 is 8.95 Å². The highest BCUT2D eigenvalue weighted by molar-refractivity contribution is 9.10. The van der Waals surface area contributed by atoms with Crippen LogP contribution in [0.2, 0.25) is 0 Å². The first kappa shape index (κ1) is 15.0. The molecule has 0 radical (unpaired) electrons. The van der Waals surface area contributed by atoms with Crippen LogP contribution in [0.5, 0.6) is 5.75 Å². The number of fused-ring (bicyclic) bond motifs is 1. The summed E-state index contributed by atoms with van der Waals surface area (Å²) >= 11 is 3.51. The van der Waals surface area contributed by atoms with Gasteiger partial charge in [0.1, 0.15) is 5.75 Å². The van der Waals surface area contributed by atoms with Crippen molar-refractivity contribution in [1.82, 2.24) is 5.32 Å². The van der Waals surface area contributed by atoms with Crippen molar-refractivity contribution in [1.29, 1.82) is 0 Å². The molecule has 0 bridgehead atoms. The minimum absolute atomic E-state index is 0.321. The van der Waals surface area contributed by atoms with Crippen LogP contribution in [0.4, 0.5) is 0 Å². The zero-order valence-corrected chi connectivity index (χ0v) is 13.7. The molecule has 1 aliphatic rings. The molecule has 2 rings (SSSR count). The second kappa shape index (κ2) is 6.86. The lowest BCUT2D eigenvalue weighted by Gasteiger charge is -2.29. The Bertz CT molecular complexity index is 467. The van der Waals surface area contributed by atoms with Gasteiger partial charge in [0.15, 0.2) is 0 Å². The Balaban J connectivity index is 2.02. The van der Waals surface area contributed by atoms with Crippen LogP contribution in [0.25, 0.3) is 0 Å². The fraction of sp³-hybridized carbons (Fsp3) is 0.571. The molecule has 1 aromatic rings.